The second kappa shape index (κ2) is 5.49. The van der Waals surface area contributed by atoms with E-state index in [0.29, 0.717) is 12.5 Å². The van der Waals surface area contributed by atoms with Gasteiger partial charge in [-0.15, -0.1) is 0 Å². The average Bonchev–Trinajstić information content (AvgIpc) is 2.83. The lowest BCUT2D eigenvalue weighted by Gasteiger charge is -2.43. The zero-order valence-corrected chi connectivity index (χ0v) is 11.9. The van der Waals surface area contributed by atoms with Gasteiger partial charge < -0.3 is 10.0 Å². The number of nitrogens with zero attached hydrogens (tertiary/aromatic N) is 2. The lowest BCUT2D eigenvalue weighted by Crippen LogP contribution is -2.57. The molecule has 0 spiro atoms. The van der Waals surface area contributed by atoms with Gasteiger partial charge in [-0.25, -0.2) is 0 Å². The number of likely N-dealkylation sites (tertiary alicyclic amines) is 2. The smallest absolute Gasteiger partial charge is 0.324 e. The van der Waals surface area contributed by atoms with Gasteiger partial charge in [0.05, 0.1) is 0 Å². The van der Waals surface area contributed by atoms with Gasteiger partial charge in [-0.3, -0.25) is 14.5 Å². The molecule has 1 unspecified atom stereocenters. The van der Waals surface area contributed by atoms with Gasteiger partial charge >= 0.3 is 5.97 Å². The van der Waals surface area contributed by atoms with E-state index in [9.17, 15) is 14.7 Å². The Balaban J connectivity index is 2.06. The van der Waals surface area contributed by atoms with Crippen LogP contribution in [-0.4, -0.2) is 58.0 Å². The van der Waals surface area contributed by atoms with Crippen LogP contribution in [0, 0.1) is 0 Å². The number of amides is 1. The molecular formula is C14H24N2O3. The van der Waals surface area contributed by atoms with Crippen molar-refractivity contribution < 1.29 is 14.7 Å². The molecule has 0 aromatic heterocycles. The van der Waals surface area contributed by atoms with Crippen molar-refractivity contribution in [2.75, 3.05) is 19.6 Å². The number of rotatable bonds is 3. The molecule has 2 saturated heterocycles. The Hall–Kier alpha value is -1.10. The quantitative estimate of drug-likeness (QED) is 0.839. The Labute approximate surface area is 114 Å². The highest BCUT2D eigenvalue weighted by molar-refractivity contribution is 5.79. The molecule has 2 aliphatic heterocycles. The van der Waals surface area contributed by atoms with Crippen LogP contribution in [0.15, 0.2) is 0 Å². The zero-order chi connectivity index (χ0) is 14.0. The Bertz CT molecular complexity index is 364. The topological polar surface area (TPSA) is 60.9 Å². The lowest BCUT2D eigenvalue weighted by atomic mass is 9.90. The summed E-state index contributed by atoms with van der Waals surface area (Å²) >= 11 is 0. The highest BCUT2D eigenvalue weighted by Gasteiger charge is 2.49. The van der Waals surface area contributed by atoms with Crippen LogP contribution in [0.4, 0.5) is 0 Å². The number of carboxylic acids is 1. The fourth-order valence-corrected chi connectivity index (χ4v) is 3.68. The van der Waals surface area contributed by atoms with Crippen LogP contribution in [0.1, 0.15) is 46.0 Å². The summed E-state index contributed by atoms with van der Waals surface area (Å²) in [7, 11) is 0. The van der Waals surface area contributed by atoms with Crippen LogP contribution in [0.3, 0.4) is 0 Å². The van der Waals surface area contributed by atoms with Gasteiger partial charge in [0.15, 0.2) is 0 Å². The molecule has 0 aromatic rings. The largest absolute Gasteiger partial charge is 0.480 e. The Kier molecular flexibility index (Phi) is 4.13. The standard InChI is InChI=1S/C14H24N2O3/c1-3-14(13(18)19)7-4-8-16(14)12-5-9-15(10-6-12)11(2)17/h12H,3-10H2,1-2H3,(H,18,19). The summed E-state index contributed by atoms with van der Waals surface area (Å²) in [5.74, 6) is -0.554. The second-order valence-electron chi connectivity index (χ2n) is 5.72. The molecule has 0 aliphatic carbocycles. The Morgan fingerprint density at radius 2 is 1.89 bits per heavy atom. The molecule has 0 bridgehead atoms. The zero-order valence-electron chi connectivity index (χ0n) is 11.9. The van der Waals surface area contributed by atoms with Crippen LogP contribution < -0.4 is 0 Å². The maximum Gasteiger partial charge on any atom is 0.324 e. The Morgan fingerprint density at radius 3 is 2.37 bits per heavy atom. The summed E-state index contributed by atoms with van der Waals surface area (Å²) in [6.45, 7) is 5.97. The first-order valence-corrected chi connectivity index (χ1v) is 7.27. The van der Waals surface area contributed by atoms with Crippen molar-refractivity contribution in [2.45, 2.75) is 57.5 Å². The van der Waals surface area contributed by atoms with E-state index in [0.717, 1.165) is 45.3 Å². The van der Waals surface area contributed by atoms with Crippen molar-refractivity contribution in [1.82, 2.24) is 9.80 Å². The van der Waals surface area contributed by atoms with Gasteiger partial charge in [0.25, 0.3) is 0 Å². The van der Waals surface area contributed by atoms with Gasteiger partial charge in [0.1, 0.15) is 5.54 Å². The molecule has 1 amide bonds. The van der Waals surface area contributed by atoms with E-state index in [4.69, 9.17) is 0 Å². The molecule has 2 heterocycles. The molecule has 108 valence electrons. The number of hydrogen-bond donors (Lipinski definition) is 1. The molecule has 1 atom stereocenters. The molecule has 2 fully saturated rings. The number of piperidine rings is 1. The summed E-state index contributed by atoms with van der Waals surface area (Å²) < 4.78 is 0. The number of carboxylic acid groups (broad SMARTS) is 1. The number of hydrogen-bond acceptors (Lipinski definition) is 3. The summed E-state index contributed by atoms with van der Waals surface area (Å²) in [4.78, 5) is 27.1. The first-order chi connectivity index (χ1) is 9.01. The van der Waals surface area contributed by atoms with Gasteiger partial charge in [-0.1, -0.05) is 6.92 Å². The summed E-state index contributed by atoms with van der Waals surface area (Å²) in [6.07, 6.45) is 4.18. The predicted molar refractivity (Wildman–Crippen MR) is 71.9 cm³/mol. The van der Waals surface area contributed by atoms with Gasteiger partial charge in [-0.05, 0) is 38.6 Å². The maximum atomic E-state index is 11.7. The fourth-order valence-electron chi connectivity index (χ4n) is 3.68. The van der Waals surface area contributed by atoms with E-state index in [2.05, 4.69) is 4.90 Å². The minimum atomic E-state index is -0.679. The molecule has 1 N–H and O–H groups in total. The molecule has 2 aliphatic rings. The average molecular weight is 268 g/mol. The molecular weight excluding hydrogens is 244 g/mol. The second-order valence-corrected chi connectivity index (χ2v) is 5.72. The summed E-state index contributed by atoms with van der Waals surface area (Å²) in [5, 5.41) is 9.60. The molecule has 0 aromatic carbocycles. The normalized spacial score (nSPS) is 29.7. The third-order valence-corrected chi connectivity index (χ3v) is 4.87. The third-order valence-electron chi connectivity index (χ3n) is 4.87. The van der Waals surface area contributed by atoms with Crippen molar-refractivity contribution in [3.05, 3.63) is 0 Å². The first kappa shape index (κ1) is 14.3. The summed E-state index contributed by atoms with van der Waals surface area (Å²) in [6, 6.07) is 0.314. The van der Waals surface area contributed by atoms with E-state index in [1.54, 1.807) is 6.92 Å². The highest BCUT2D eigenvalue weighted by Crippen LogP contribution is 2.37. The van der Waals surface area contributed by atoms with Gasteiger partial charge in [0.2, 0.25) is 5.91 Å². The van der Waals surface area contributed by atoms with E-state index < -0.39 is 11.5 Å². The van der Waals surface area contributed by atoms with Crippen molar-refractivity contribution in [3.63, 3.8) is 0 Å². The first-order valence-electron chi connectivity index (χ1n) is 7.27. The minimum absolute atomic E-state index is 0.125. The molecule has 5 heteroatoms. The van der Waals surface area contributed by atoms with Crippen LogP contribution in [0.2, 0.25) is 0 Å². The fraction of sp³-hybridized carbons (Fsp3) is 0.857. The molecule has 0 saturated carbocycles. The highest BCUT2D eigenvalue weighted by atomic mass is 16.4. The third kappa shape index (κ3) is 2.48. The SMILES string of the molecule is CCC1(C(=O)O)CCCN1C1CCN(C(C)=O)CC1. The monoisotopic (exact) mass is 268 g/mol. The number of carbonyl (C=O) groups excluding carboxylic acids is 1. The molecule has 0 radical (unpaired) electrons. The molecule has 5 nitrogen and oxygen atoms in total. The van der Waals surface area contributed by atoms with E-state index in [-0.39, 0.29) is 5.91 Å². The molecule has 2 rings (SSSR count). The van der Waals surface area contributed by atoms with E-state index in [1.165, 1.54) is 0 Å². The van der Waals surface area contributed by atoms with Crippen molar-refractivity contribution in [1.29, 1.82) is 0 Å². The van der Waals surface area contributed by atoms with Crippen LogP contribution in [-0.2, 0) is 9.59 Å². The maximum absolute atomic E-state index is 11.7. The van der Waals surface area contributed by atoms with E-state index >= 15 is 0 Å². The lowest BCUT2D eigenvalue weighted by molar-refractivity contribution is -0.152. The van der Waals surface area contributed by atoms with Gasteiger partial charge in [-0.2, -0.15) is 0 Å². The minimum Gasteiger partial charge on any atom is -0.480 e. The summed E-state index contributed by atoms with van der Waals surface area (Å²) in [5.41, 5.74) is -0.664. The number of carbonyl (C=O) groups is 2. The number of aliphatic carboxylic acids is 1. The van der Waals surface area contributed by atoms with Crippen LogP contribution in [0.25, 0.3) is 0 Å². The van der Waals surface area contributed by atoms with Crippen molar-refractivity contribution >= 4 is 11.9 Å². The van der Waals surface area contributed by atoms with Gasteiger partial charge in [0, 0.05) is 26.1 Å². The predicted octanol–water partition coefficient (Wildman–Crippen LogP) is 1.33. The van der Waals surface area contributed by atoms with Crippen molar-refractivity contribution in [3.8, 4) is 0 Å². The van der Waals surface area contributed by atoms with E-state index in [1.807, 2.05) is 11.8 Å². The van der Waals surface area contributed by atoms with Crippen molar-refractivity contribution in [2.24, 2.45) is 0 Å². The van der Waals surface area contributed by atoms with Crippen LogP contribution in [0.5, 0.6) is 0 Å². The Morgan fingerprint density at radius 1 is 1.26 bits per heavy atom. The van der Waals surface area contributed by atoms with Crippen LogP contribution >= 0.6 is 0 Å². The molecule has 19 heavy (non-hydrogen) atoms.